The van der Waals surface area contributed by atoms with Crippen LogP contribution in [0.5, 0.6) is 0 Å². The van der Waals surface area contributed by atoms with E-state index in [2.05, 4.69) is 15.4 Å². The van der Waals surface area contributed by atoms with Crippen LogP contribution >= 0.6 is 0 Å². The van der Waals surface area contributed by atoms with Crippen molar-refractivity contribution in [2.24, 2.45) is 0 Å². The quantitative estimate of drug-likeness (QED) is 0.714. The molecule has 7 heteroatoms. The van der Waals surface area contributed by atoms with E-state index in [1.807, 2.05) is 21.6 Å². The molecule has 0 radical (unpaired) electrons. The van der Waals surface area contributed by atoms with Crippen LogP contribution in [-0.2, 0) is 16.0 Å². The zero-order chi connectivity index (χ0) is 13.5. The molecule has 1 N–H and O–H groups in total. The molecular formula is C12H19N5O2. The summed E-state index contributed by atoms with van der Waals surface area (Å²) < 4.78 is 13.8. The molecule has 0 atom stereocenters. The highest BCUT2D eigenvalue weighted by atomic mass is 16.5. The number of aromatic nitrogens is 4. The average molecular weight is 265 g/mol. The highest BCUT2D eigenvalue weighted by Crippen LogP contribution is 2.13. The topological polar surface area (TPSA) is 66.1 Å². The maximum atomic E-state index is 5.03. The molecule has 0 spiro atoms. The molecular weight excluding hydrogens is 246 g/mol. The van der Waals surface area contributed by atoms with Crippen molar-refractivity contribution >= 4 is 5.95 Å². The molecule has 104 valence electrons. The van der Waals surface area contributed by atoms with Gasteiger partial charge in [-0.15, -0.1) is 0 Å². The second-order valence-corrected chi connectivity index (χ2v) is 3.99. The molecule has 7 nitrogen and oxygen atoms in total. The Balaban J connectivity index is 2.04. The molecule has 2 heterocycles. The third-order valence-electron chi connectivity index (χ3n) is 2.65. The van der Waals surface area contributed by atoms with Crippen molar-refractivity contribution in [2.45, 2.75) is 6.54 Å². The summed E-state index contributed by atoms with van der Waals surface area (Å²) >= 11 is 0. The fourth-order valence-electron chi connectivity index (χ4n) is 1.69. The standard InChI is InChI=1S/C12H19N5O2/c1-18-7-4-14-12-13-3-5-17(12)11-9-15-16(10-11)6-8-19-2/h3,5,9-10H,4,6-8H2,1-2H3,(H,13,14). The largest absolute Gasteiger partial charge is 0.383 e. The van der Waals surface area contributed by atoms with Crippen LogP contribution in [0.15, 0.2) is 24.8 Å². The van der Waals surface area contributed by atoms with Gasteiger partial charge in [0.2, 0.25) is 5.95 Å². The Kier molecular flexibility index (Phi) is 4.93. The summed E-state index contributed by atoms with van der Waals surface area (Å²) in [4.78, 5) is 4.27. The van der Waals surface area contributed by atoms with E-state index in [0.29, 0.717) is 19.8 Å². The zero-order valence-corrected chi connectivity index (χ0v) is 11.2. The van der Waals surface area contributed by atoms with Crippen molar-refractivity contribution in [3.8, 4) is 5.69 Å². The smallest absolute Gasteiger partial charge is 0.207 e. The van der Waals surface area contributed by atoms with Gasteiger partial charge in [0.25, 0.3) is 0 Å². The van der Waals surface area contributed by atoms with Gasteiger partial charge in [0.15, 0.2) is 0 Å². The highest BCUT2D eigenvalue weighted by molar-refractivity contribution is 5.39. The number of nitrogens with one attached hydrogen (secondary N) is 1. The van der Waals surface area contributed by atoms with Crippen molar-refractivity contribution in [1.82, 2.24) is 19.3 Å². The minimum atomic E-state index is 0.639. The van der Waals surface area contributed by atoms with E-state index in [9.17, 15) is 0 Å². The fourth-order valence-corrected chi connectivity index (χ4v) is 1.69. The molecule has 19 heavy (non-hydrogen) atoms. The molecule has 0 saturated heterocycles. The SMILES string of the molecule is COCCNc1nccn1-c1cnn(CCOC)c1. The lowest BCUT2D eigenvalue weighted by molar-refractivity contribution is 0.183. The average Bonchev–Trinajstić information content (AvgIpc) is 3.04. The van der Waals surface area contributed by atoms with Gasteiger partial charge in [-0.3, -0.25) is 9.25 Å². The van der Waals surface area contributed by atoms with Crippen molar-refractivity contribution in [1.29, 1.82) is 0 Å². The number of methoxy groups -OCH3 is 2. The summed E-state index contributed by atoms with van der Waals surface area (Å²) in [5, 5.41) is 7.49. The minimum absolute atomic E-state index is 0.639. The third-order valence-corrected chi connectivity index (χ3v) is 2.65. The molecule has 2 aromatic rings. The number of anilines is 1. The van der Waals surface area contributed by atoms with Crippen LogP contribution in [0.3, 0.4) is 0 Å². The molecule has 0 aromatic carbocycles. The van der Waals surface area contributed by atoms with Gasteiger partial charge in [-0.05, 0) is 0 Å². The summed E-state index contributed by atoms with van der Waals surface area (Å²) in [6, 6.07) is 0. The first-order valence-electron chi connectivity index (χ1n) is 6.13. The number of nitrogens with zero attached hydrogens (tertiary/aromatic N) is 4. The van der Waals surface area contributed by atoms with E-state index in [1.54, 1.807) is 26.6 Å². The molecule has 0 fully saturated rings. The van der Waals surface area contributed by atoms with Gasteiger partial charge >= 0.3 is 0 Å². The van der Waals surface area contributed by atoms with Gasteiger partial charge in [0.05, 0.1) is 31.6 Å². The molecule has 0 amide bonds. The summed E-state index contributed by atoms with van der Waals surface area (Å²) in [6.07, 6.45) is 7.41. The highest BCUT2D eigenvalue weighted by Gasteiger charge is 2.06. The first-order valence-corrected chi connectivity index (χ1v) is 6.13. The lowest BCUT2D eigenvalue weighted by atomic mass is 10.5. The minimum Gasteiger partial charge on any atom is -0.383 e. The van der Waals surface area contributed by atoms with E-state index in [4.69, 9.17) is 9.47 Å². The van der Waals surface area contributed by atoms with Crippen LogP contribution in [0.4, 0.5) is 5.95 Å². The molecule has 0 saturated carbocycles. The predicted molar refractivity (Wildman–Crippen MR) is 71.6 cm³/mol. The molecule has 0 aliphatic rings. The summed E-state index contributed by atoms with van der Waals surface area (Å²) in [5.74, 6) is 0.781. The number of hydrogen-bond acceptors (Lipinski definition) is 5. The lowest BCUT2D eigenvalue weighted by Gasteiger charge is -2.07. The normalized spacial score (nSPS) is 10.8. The van der Waals surface area contributed by atoms with Crippen LogP contribution in [0, 0.1) is 0 Å². The maximum Gasteiger partial charge on any atom is 0.207 e. The van der Waals surface area contributed by atoms with Crippen molar-refractivity contribution in [2.75, 3.05) is 39.3 Å². The van der Waals surface area contributed by atoms with E-state index < -0.39 is 0 Å². The van der Waals surface area contributed by atoms with Gasteiger partial charge in [-0.25, -0.2) is 4.98 Å². The van der Waals surface area contributed by atoms with Crippen LogP contribution in [0.25, 0.3) is 5.69 Å². The Labute approximate surface area is 112 Å². The fraction of sp³-hybridized carbons (Fsp3) is 0.500. The second-order valence-electron chi connectivity index (χ2n) is 3.99. The second kappa shape index (κ2) is 6.91. The summed E-state index contributed by atoms with van der Waals surface area (Å²) in [7, 11) is 3.35. The first kappa shape index (κ1) is 13.6. The van der Waals surface area contributed by atoms with Gasteiger partial charge in [-0.1, -0.05) is 0 Å². The van der Waals surface area contributed by atoms with Crippen LogP contribution in [-0.4, -0.2) is 53.3 Å². The Hall–Kier alpha value is -1.86. The Morgan fingerprint density at radius 1 is 1.26 bits per heavy atom. The molecule has 0 aliphatic carbocycles. The molecule has 2 rings (SSSR count). The summed E-state index contributed by atoms with van der Waals surface area (Å²) in [6.45, 7) is 2.73. The van der Waals surface area contributed by atoms with Crippen molar-refractivity contribution in [3.05, 3.63) is 24.8 Å². The van der Waals surface area contributed by atoms with E-state index in [-0.39, 0.29) is 0 Å². The number of ether oxygens (including phenoxy) is 2. The van der Waals surface area contributed by atoms with E-state index >= 15 is 0 Å². The van der Waals surface area contributed by atoms with Gasteiger partial charge in [0.1, 0.15) is 0 Å². The molecule has 0 bridgehead atoms. The number of rotatable bonds is 8. The van der Waals surface area contributed by atoms with Crippen molar-refractivity contribution < 1.29 is 9.47 Å². The third kappa shape index (κ3) is 3.55. The lowest BCUT2D eigenvalue weighted by Crippen LogP contribution is -2.11. The van der Waals surface area contributed by atoms with Gasteiger partial charge < -0.3 is 14.8 Å². The Morgan fingerprint density at radius 3 is 2.89 bits per heavy atom. The number of hydrogen-bond donors (Lipinski definition) is 1. The molecule has 0 unspecified atom stereocenters. The van der Waals surface area contributed by atoms with Gasteiger partial charge in [-0.2, -0.15) is 5.10 Å². The van der Waals surface area contributed by atoms with Crippen LogP contribution in [0.1, 0.15) is 0 Å². The van der Waals surface area contributed by atoms with Gasteiger partial charge in [0, 0.05) is 39.4 Å². The monoisotopic (exact) mass is 265 g/mol. The molecule has 0 aliphatic heterocycles. The van der Waals surface area contributed by atoms with E-state index in [0.717, 1.165) is 18.2 Å². The molecule has 2 aromatic heterocycles. The first-order chi connectivity index (χ1) is 9.35. The van der Waals surface area contributed by atoms with E-state index in [1.165, 1.54) is 0 Å². The maximum absolute atomic E-state index is 5.03. The Morgan fingerprint density at radius 2 is 2.11 bits per heavy atom. The zero-order valence-electron chi connectivity index (χ0n) is 11.2. The van der Waals surface area contributed by atoms with Crippen molar-refractivity contribution in [3.63, 3.8) is 0 Å². The summed E-state index contributed by atoms with van der Waals surface area (Å²) in [5.41, 5.74) is 0.966. The van der Waals surface area contributed by atoms with Crippen LogP contribution < -0.4 is 5.32 Å². The Bertz CT molecular complexity index is 494. The number of imidazole rings is 1. The van der Waals surface area contributed by atoms with Crippen LogP contribution in [0.2, 0.25) is 0 Å². The predicted octanol–water partition coefficient (Wildman–Crippen LogP) is 0.773.